The number of carbonyl (C=O) groups excluding carboxylic acids is 1. The molecule has 0 bridgehead atoms. The van der Waals surface area contributed by atoms with Crippen LogP contribution in [0.3, 0.4) is 0 Å². The van der Waals surface area contributed by atoms with E-state index < -0.39 is 0 Å². The molecular weight excluding hydrogens is 164 g/mol. The predicted molar refractivity (Wildman–Crippen MR) is 54.5 cm³/mol. The van der Waals surface area contributed by atoms with Crippen LogP contribution in [0.1, 0.15) is 41.0 Å². The van der Waals surface area contributed by atoms with Crippen LogP contribution < -0.4 is 0 Å². The van der Waals surface area contributed by atoms with Gasteiger partial charge in [0.1, 0.15) is 0 Å². The number of esters is 1. The van der Waals surface area contributed by atoms with Gasteiger partial charge in [0.25, 0.3) is 0 Å². The molecule has 13 heavy (non-hydrogen) atoms. The van der Waals surface area contributed by atoms with Crippen molar-refractivity contribution in [3.8, 4) is 0 Å². The summed E-state index contributed by atoms with van der Waals surface area (Å²) < 4.78 is 4.97. The molecular formula is C11H20O2. The first-order chi connectivity index (χ1) is 5.83. The first-order valence-electron chi connectivity index (χ1n) is 4.60. The van der Waals surface area contributed by atoms with Crippen molar-refractivity contribution in [2.24, 2.45) is 5.41 Å². The summed E-state index contributed by atoms with van der Waals surface area (Å²) in [6, 6.07) is 0. The van der Waals surface area contributed by atoms with E-state index >= 15 is 0 Å². The lowest BCUT2D eigenvalue weighted by Crippen LogP contribution is -2.20. The standard InChI is InChI=1S/C11H20O2/c1-9(2)6-7-11(4,5)8-13-10(3)12/h6H,7-8H2,1-5H3. The molecule has 0 aromatic rings. The van der Waals surface area contributed by atoms with Gasteiger partial charge in [0.15, 0.2) is 0 Å². The van der Waals surface area contributed by atoms with Crippen molar-refractivity contribution in [1.82, 2.24) is 0 Å². The number of rotatable bonds is 4. The van der Waals surface area contributed by atoms with Crippen molar-refractivity contribution in [3.63, 3.8) is 0 Å². The quantitative estimate of drug-likeness (QED) is 0.496. The van der Waals surface area contributed by atoms with Gasteiger partial charge in [-0.1, -0.05) is 25.5 Å². The van der Waals surface area contributed by atoms with Crippen LogP contribution in [0.25, 0.3) is 0 Å². The lowest BCUT2D eigenvalue weighted by atomic mass is 9.90. The zero-order chi connectivity index (χ0) is 10.5. The van der Waals surface area contributed by atoms with E-state index in [9.17, 15) is 4.79 Å². The Labute approximate surface area is 81.0 Å². The zero-order valence-corrected chi connectivity index (χ0v) is 9.31. The zero-order valence-electron chi connectivity index (χ0n) is 9.31. The van der Waals surface area contributed by atoms with E-state index in [2.05, 4.69) is 33.8 Å². The van der Waals surface area contributed by atoms with E-state index in [0.717, 1.165) is 6.42 Å². The molecule has 0 aliphatic heterocycles. The van der Waals surface area contributed by atoms with Crippen LogP contribution in [-0.2, 0) is 9.53 Å². The topological polar surface area (TPSA) is 26.3 Å². The summed E-state index contributed by atoms with van der Waals surface area (Å²) in [6.45, 7) is 10.3. The molecule has 0 saturated carbocycles. The Hall–Kier alpha value is -0.790. The van der Waals surface area contributed by atoms with Crippen LogP contribution in [0.2, 0.25) is 0 Å². The molecule has 0 aliphatic rings. The van der Waals surface area contributed by atoms with Crippen LogP contribution in [0.4, 0.5) is 0 Å². The minimum Gasteiger partial charge on any atom is -0.465 e. The Morgan fingerprint density at radius 1 is 1.31 bits per heavy atom. The molecule has 0 spiro atoms. The molecule has 0 saturated heterocycles. The number of hydrogen-bond acceptors (Lipinski definition) is 2. The fourth-order valence-corrected chi connectivity index (χ4v) is 0.836. The van der Waals surface area contributed by atoms with E-state index in [1.807, 2.05) is 0 Å². The first kappa shape index (κ1) is 12.2. The maximum absolute atomic E-state index is 10.6. The first-order valence-corrected chi connectivity index (χ1v) is 4.60. The SMILES string of the molecule is CC(=O)OCC(C)(C)CC=C(C)C. The summed E-state index contributed by atoms with van der Waals surface area (Å²) in [5.74, 6) is -0.203. The van der Waals surface area contributed by atoms with E-state index in [1.165, 1.54) is 12.5 Å². The van der Waals surface area contributed by atoms with Gasteiger partial charge in [0, 0.05) is 12.3 Å². The van der Waals surface area contributed by atoms with E-state index in [4.69, 9.17) is 4.74 Å². The van der Waals surface area contributed by atoms with Crippen molar-refractivity contribution in [2.75, 3.05) is 6.61 Å². The van der Waals surface area contributed by atoms with Gasteiger partial charge in [0.2, 0.25) is 0 Å². The van der Waals surface area contributed by atoms with Gasteiger partial charge < -0.3 is 4.74 Å². The number of allylic oxidation sites excluding steroid dienone is 2. The second-order valence-electron chi connectivity index (χ2n) is 4.43. The van der Waals surface area contributed by atoms with Gasteiger partial charge in [-0.15, -0.1) is 0 Å². The maximum Gasteiger partial charge on any atom is 0.302 e. The third kappa shape index (κ3) is 7.57. The van der Waals surface area contributed by atoms with Crippen molar-refractivity contribution in [2.45, 2.75) is 41.0 Å². The van der Waals surface area contributed by atoms with Crippen LogP contribution in [0.15, 0.2) is 11.6 Å². The molecule has 2 nitrogen and oxygen atoms in total. The van der Waals surface area contributed by atoms with Crippen molar-refractivity contribution < 1.29 is 9.53 Å². The van der Waals surface area contributed by atoms with Crippen LogP contribution in [0, 0.1) is 5.41 Å². The highest BCUT2D eigenvalue weighted by molar-refractivity contribution is 5.65. The summed E-state index contributed by atoms with van der Waals surface area (Å²) in [4.78, 5) is 10.6. The smallest absolute Gasteiger partial charge is 0.302 e. The summed E-state index contributed by atoms with van der Waals surface area (Å²) >= 11 is 0. The highest BCUT2D eigenvalue weighted by atomic mass is 16.5. The van der Waals surface area contributed by atoms with Gasteiger partial charge in [-0.25, -0.2) is 0 Å². The highest BCUT2D eigenvalue weighted by Gasteiger charge is 2.17. The Morgan fingerprint density at radius 3 is 2.23 bits per heavy atom. The number of ether oxygens (including phenoxy) is 1. The van der Waals surface area contributed by atoms with Gasteiger partial charge in [-0.2, -0.15) is 0 Å². The molecule has 0 aliphatic carbocycles. The van der Waals surface area contributed by atoms with Crippen LogP contribution in [0.5, 0.6) is 0 Å². The van der Waals surface area contributed by atoms with E-state index in [-0.39, 0.29) is 11.4 Å². The predicted octanol–water partition coefficient (Wildman–Crippen LogP) is 2.93. The summed E-state index contributed by atoms with van der Waals surface area (Å²) in [5, 5.41) is 0. The molecule has 76 valence electrons. The molecule has 0 amide bonds. The summed E-state index contributed by atoms with van der Waals surface area (Å²) in [7, 11) is 0. The third-order valence-corrected chi connectivity index (χ3v) is 1.73. The molecule has 0 unspecified atom stereocenters. The van der Waals surface area contributed by atoms with E-state index in [1.54, 1.807) is 0 Å². The van der Waals surface area contributed by atoms with E-state index in [0.29, 0.717) is 6.61 Å². The fraction of sp³-hybridized carbons (Fsp3) is 0.727. The second-order valence-corrected chi connectivity index (χ2v) is 4.43. The monoisotopic (exact) mass is 184 g/mol. The van der Waals surface area contributed by atoms with Gasteiger partial charge in [-0.3, -0.25) is 4.79 Å². The minimum absolute atomic E-state index is 0.0446. The Bertz CT molecular complexity index is 198. The van der Waals surface area contributed by atoms with Crippen LogP contribution >= 0.6 is 0 Å². The van der Waals surface area contributed by atoms with Gasteiger partial charge in [0.05, 0.1) is 6.61 Å². The normalized spacial score (nSPS) is 10.8. The molecule has 0 atom stereocenters. The molecule has 2 heteroatoms. The molecule has 0 radical (unpaired) electrons. The van der Waals surface area contributed by atoms with Crippen molar-refractivity contribution in [1.29, 1.82) is 0 Å². The maximum atomic E-state index is 10.6. The molecule has 0 aromatic heterocycles. The Balaban J connectivity index is 3.93. The van der Waals surface area contributed by atoms with Crippen LogP contribution in [-0.4, -0.2) is 12.6 Å². The Morgan fingerprint density at radius 2 is 1.85 bits per heavy atom. The summed E-state index contributed by atoms with van der Waals surface area (Å²) in [6.07, 6.45) is 3.12. The van der Waals surface area contributed by atoms with Gasteiger partial charge >= 0.3 is 5.97 Å². The summed E-state index contributed by atoms with van der Waals surface area (Å²) in [5.41, 5.74) is 1.35. The minimum atomic E-state index is -0.203. The fourth-order valence-electron chi connectivity index (χ4n) is 0.836. The van der Waals surface area contributed by atoms with Crippen molar-refractivity contribution >= 4 is 5.97 Å². The highest BCUT2D eigenvalue weighted by Crippen LogP contribution is 2.22. The lowest BCUT2D eigenvalue weighted by molar-refractivity contribution is -0.143. The molecule has 0 heterocycles. The lowest BCUT2D eigenvalue weighted by Gasteiger charge is -2.22. The second kappa shape index (κ2) is 5.05. The average Bonchev–Trinajstić information content (AvgIpc) is 1.98. The Kier molecular flexibility index (Phi) is 4.74. The number of carbonyl (C=O) groups is 1. The molecule has 0 aromatic carbocycles. The van der Waals surface area contributed by atoms with Gasteiger partial charge in [-0.05, 0) is 20.3 Å². The molecule has 0 fully saturated rings. The molecule has 0 rings (SSSR count). The molecule has 0 N–H and O–H groups in total. The third-order valence-electron chi connectivity index (χ3n) is 1.73. The van der Waals surface area contributed by atoms with Crippen molar-refractivity contribution in [3.05, 3.63) is 11.6 Å². The largest absolute Gasteiger partial charge is 0.465 e. The average molecular weight is 184 g/mol. The number of hydrogen-bond donors (Lipinski definition) is 0.